The number of hydrogen-bond acceptors (Lipinski definition) is 3. The lowest BCUT2D eigenvalue weighted by molar-refractivity contribution is 0.481. The van der Waals surface area contributed by atoms with Crippen molar-refractivity contribution in [3.8, 4) is 0 Å². The molecule has 1 aromatic carbocycles. The zero-order valence-corrected chi connectivity index (χ0v) is 19.2. The molecule has 3 rings (SSSR count). The van der Waals surface area contributed by atoms with Gasteiger partial charge in [-0.1, -0.05) is 24.3 Å². The van der Waals surface area contributed by atoms with E-state index in [0.717, 1.165) is 33.8 Å². The van der Waals surface area contributed by atoms with Crippen LogP contribution in [0.3, 0.4) is 0 Å². The lowest BCUT2D eigenvalue weighted by Gasteiger charge is -2.21. The van der Waals surface area contributed by atoms with Crippen molar-refractivity contribution >= 4 is 38.9 Å². The molecule has 0 aliphatic carbocycles. The Bertz CT molecular complexity index is 987. The van der Waals surface area contributed by atoms with Crippen molar-refractivity contribution in [1.29, 1.82) is 0 Å². The van der Waals surface area contributed by atoms with Gasteiger partial charge in [0, 0.05) is 14.1 Å². The fraction of sp³-hybridized carbons (Fsp3) is 0.350. The van der Waals surface area contributed by atoms with Gasteiger partial charge in [0.15, 0.2) is 5.11 Å². The van der Waals surface area contributed by atoms with Crippen LogP contribution in [-0.4, -0.2) is 36.6 Å². The zero-order chi connectivity index (χ0) is 20.4. The van der Waals surface area contributed by atoms with Crippen LogP contribution in [-0.2, 0) is 20.1 Å². The van der Waals surface area contributed by atoms with Crippen LogP contribution in [0.5, 0.6) is 0 Å². The molecule has 2 aromatic heterocycles. The van der Waals surface area contributed by atoms with Crippen molar-refractivity contribution < 1.29 is 0 Å². The maximum atomic E-state index is 5.63. The second-order valence-electron chi connectivity index (χ2n) is 6.98. The second kappa shape index (κ2) is 8.45. The highest BCUT2D eigenvalue weighted by atomic mass is 79.9. The third-order valence-corrected chi connectivity index (χ3v) is 6.02. The van der Waals surface area contributed by atoms with Crippen molar-refractivity contribution in [3.05, 3.63) is 63.1 Å². The first-order valence-corrected chi connectivity index (χ1v) is 10.2. The molecule has 0 fully saturated rings. The summed E-state index contributed by atoms with van der Waals surface area (Å²) in [4.78, 5) is 1.99. The van der Waals surface area contributed by atoms with Gasteiger partial charge in [0.1, 0.15) is 0 Å². The average Bonchev–Trinajstić information content (AvgIpc) is 3.11. The molecule has 0 aliphatic rings. The maximum absolute atomic E-state index is 5.63. The number of aromatic nitrogens is 4. The molecule has 8 heteroatoms. The fourth-order valence-electron chi connectivity index (χ4n) is 3.09. The van der Waals surface area contributed by atoms with Crippen molar-refractivity contribution in [2.75, 3.05) is 12.4 Å². The summed E-state index contributed by atoms with van der Waals surface area (Å²) in [6.07, 6.45) is 1.80. The predicted octanol–water partition coefficient (Wildman–Crippen LogP) is 4.18. The number of hydrogen-bond donors (Lipinski definition) is 1. The van der Waals surface area contributed by atoms with Gasteiger partial charge in [-0.3, -0.25) is 9.36 Å². The first-order valence-electron chi connectivity index (χ1n) is 9.05. The van der Waals surface area contributed by atoms with E-state index >= 15 is 0 Å². The molecule has 28 heavy (non-hydrogen) atoms. The molecule has 3 aromatic rings. The van der Waals surface area contributed by atoms with E-state index in [1.807, 2.05) is 35.3 Å². The molecule has 1 N–H and O–H groups in total. The first kappa shape index (κ1) is 20.5. The Hall–Kier alpha value is -2.19. The summed E-state index contributed by atoms with van der Waals surface area (Å²) in [5.41, 5.74) is 6.56. The molecule has 6 nitrogen and oxygen atoms in total. The molecule has 148 valence electrons. The second-order valence-corrected chi connectivity index (χ2v) is 8.22. The van der Waals surface area contributed by atoms with Crippen molar-refractivity contribution in [3.63, 3.8) is 0 Å². The van der Waals surface area contributed by atoms with Gasteiger partial charge >= 0.3 is 0 Å². The first-order chi connectivity index (χ1) is 13.3. The number of nitrogens with one attached hydrogen (secondary N) is 1. The summed E-state index contributed by atoms with van der Waals surface area (Å²) in [5.74, 6) is 0. The van der Waals surface area contributed by atoms with E-state index < -0.39 is 0 Å². The SMILES string of the molecule is Cc1ccccc1Cn1nc(C)c(NC(=S)N(C)Cc2c(Br)cnn2C)c1C. The number of benzene rings is 1. The molecular weight excluding hydrogens is 436 g/mol. The summed E-state index contributed by atoms with van der Waals surface area (Å²) in [6, 6.07) is 8.39. The van der Waals surface area contributed by atoms with E-state index in [1.165, 1.54) is 11.1 Å². The quantitative estimate of drug-likeness (QED) is 0.578. The average molecular weight is 461 g/mol. The van der Waals surface area contributed by atoms with Crippen molar-refractivity contribution in [1.82, 2.24) is 24.5 Å². The number of thiocarbonyl (C=S) groups is 1. The van der Waals surface area contributed by atoms with Crippen LogP contribution in [0.1, 0.15) is 28.2 Å². The highest BCUT2D eigenvalue weighted by Gasteiger charge is 2.17. The normalized spacial score (nSPS) is 10.9. The Morgan fingerprint density at radius 3 is 2.61 bits per heavy atom. The largest absolute Gasteiger partial charge is 0.346 e. The minimum atomic E-state index is 0.648. The van der Waals surface area contributed by atoms with Gasteiger partial charge in [0.25, 0.3) is 0 Å². The Morgan fingerprint density at radius 1 is 1.25 bits per heavy atom. The summed E-state index contributed by atoms with van der Waals surface area (Å²) < 4.78 is 4.85. The fourth-order valence-corrected chi connectivity index (χ4v) is 3.73. The van der Waals surface area contributed by atoms with E-state index in [4.69, 9.17) is 17.3 Å². The van der Waals surface area contributed by atoms with E-state index in [2.05, 4.69) is 64.5 Å². The molecule has 0 saturated carbocycles. The van der Waals surface area contributed by atoms with Crippen LogP contribution < -0.4 is 5.32 Å². The molecular formula is C20H25BrN6S. The third kappa shape index (κ3) is 4.28. The number of halogens is 1. The van der Waals surface area contributed by atoms with E-state index in [9.17, 15) is 0 Å². The van der Waals surface area contributed by atoms with Crippen LogP contribution in [0.4, 0.5) is 5.69 Å². The Morgan fingerprint density at radius 2 is 1.96 bits per heavy atom. The topological polar surface area (TPSA) is 50.9 Å². The smallest absolute Gasteiger partial charge is 0.173 e. The molecule has 0 atom stereocenters. The van der Waals surface area contributed by atoms with Crippen molar-refractivity contribution in [2.45, 2.75) is 33.9 Å². The Balaban J connectivity index is 1.74. The van der Waals surface area contributed by atoms with Crippen LogP contribution >= 0.6 is 28.1 Å². The van der Waals surface area contributed by atoms with Crippen LogP contribution in [0, 0.1) is 20.8 Å². The van der Waals surface area contributed by atoms with Gasteiger partial charge < -0.3 is 10.2 Å². The molecule has 0 unspecified atom stereocenters. The lowest BCUT2D eigenvalue weighted by atomic mass is 10.1. The van der Waals surface area contributed by atoms with Gasteiger partial charge in [0.05, 0.1) is 46.5 Å². The van der Waals surface area contributed by atoms with Crippen LogP contribution in [0.15, 0.2) is 34.9 Å². The highest BCUT2D eigenvalue weighted by Crippen LogP contribution is 2.22. The predicted molar refractivity (Wildman–Crippen MR) is 121 cm³/mol. The summed E-state index contributed by atoms with van der Waals surface area (Å²) in [5, 5.41) is 13.0. The highest BCUT2D eigenvalue weighted by molar-refractivity contribution is 9.10. The summed E-state index contributed by atoms with van der Waals surface area (Å²) >= 11 is 9.17. The van der Waals surface area contributed by atoms with Gasteiger partial charge in [0.2, 0.25) is 0 Å². The number of anilines is 1. The van der Waals surface area contributed by atoms with Gasteiger partial charge in [-0.05, 0) is 60.0 Å². The number of rotatable bonds is 5. The Kier molecular flexibility index (Phi) is 6.20. The van der Waals surface area contributed by atoms with E-state index in [0.29, 0.717) is 11.7 Å². The Labute approximate surface area is 179 Å². The van der Waals surface area contributed by atoms with Gasteiger partial charge in [-0.15, -0.1) is 0 Å². The third-order valence-electron chi connectivity index (χ3n) is 4.94. The molecule has 0 bridgehead atoms. The molecule has 2 heterocycles. The molecule has 0 aliphatic heterocycles. The maximum Gasteiger partial charge on any atom is 0.173 e. The molecule has 0 spiro atoms. The molecule has 0 amide bonds. The van der Waals surface area contributed by atoms with Crippen LogP contribution in [0.2, 0.25) is 0 Å². The minimum Gasteiger partial charge on any atom is -0.346 e. The van der Waals surface area contributed by atoms with E-state index in [1.54, 1.807) is 6.20 Å². The standard InChI is InChI=1S/C20H25BrN6S/c1-13-8-6-7-9-16(13)11-27-15(3)19(14(2)24-27)23-20(28)25(4)12-18-17(21)10-22-26(18)5/h6-10H,11-12H2,1-5H3,(H,23,28). The summed E-state index contributed by atoms with van der Waals surface area (Å²) in [7, 11) is 3.89. The number of aryl methyl sites for hydroxylation is 3. The zero-order valence-electron chi connectivity index (χ0n) is 16.8. The number of nitrogens with zero attached hydrogens (tertiary/aromatic N) is 5. The lowest BCUT2D eigenvalue weighted by Crippen LogP contribution is -2.31. The summed E-state index contributed by atoms with van der Waals surface area (Å²) in [6.45, 7) is 7.59. The molecule has 0 saturated heterocycles. The molecule has 0 radical (unpaired) electrons. The van der Waals surface area contributed by atoms with Crippen LogP contribution in [0.25, 0.3) is 0 Å². The minimum absolute atomic E-state index is 0.648. The monoisotopic (exact) mass is 460 g/mol. The van der Waals surface area contributed by atoms with Gasteiger partial charge in [-0.25, -0.2) is 0 Å². The van der Waals surface area contributed by atoms with Gasteiger partial charge in [-0.2, -0.15) is 10.2 Å². The van der Waals surface area contributed by atoms with E-state index in [-0.39, 0.29) is 0 Å². The van der Waals surface area contributed by atoms with Crippen molar-refractivity contribution in [2.24, 2.45) is 7.05 Å².